The molecular formula is C12H16BrNO3S. The Hall–Kier alpha value is -0.590. The molecule has 0 atom stereocenters. The Balaban J connectivity index is 2.35. The summed E-state index contributed by atoms with van der Waals surface area (Å²) < 4.78 is 32.2. The van der Waals surface area contributed by atoms with Gasteiger partial charge in [-0.05, 0) is 37.0 Å². The van der Waals surface area contributed by atoms with E-state index in [-0.39, 0.29) is 4.90 Å². The highest BCUT2D eigenvalue weighted by Crippen LogP contribution is 2.33. The summed E-state index contributed by atoms with van der Waals surface area (Å²) in [4.78, 5) is 0.211. The predicted octanol–water partition coefficient (Wildman–Crippen LogP) is 2.49. The Morgan fingerprint density at radius 3 is 2.67 bits per heavy atom. The number of rotatable bonds is 5. The van der Waals surface area contributed by atoms with Crippen molar-refractivity contribution in [2.75, 3.05) is 20.7 Å². The fraction of sp³-hybridized carbons (Fsp3) is 0.500. The molecule has 0 aromatic heterocycles. The summed E-state index contributed by atoms with van der Waals surface area (Å²) in [5.74, 6) is 0.892. The van der Waals surface area contributed by atoms with Gasteiger partial charge in [0.2, 0.25) is 10.0 Å². The molecule has 100 valence electrons. The highest BCUT2D eigenvalue weighted by atomic mass is 79.9. The number of nitrogens with zero attached hydrogens (tertiary/aromatic N) is 1. The van der Waals surface area contributed by atoms with E-state index in [2.05, 4.69) is 15.9 Å². The van der Waals surface area contributed by atoms with Gasteiger partial charge in [0.05, 0.1) is 7.11 Å². The van der Waals surface area contributed by atoms with Crippen molar-refractivity contribution in [2.45, 2.75) is 17.7 Å². The van der Waals surface area contributed by atoms with Crippen molar-refractivity contribution >= 4 is 26.0 Å². The van der Waals surface area contributed by atoms with Crippen molar-refractivity contribution in [3.63, 3.8) is 0 Å². The minimum atomic E-state index is -3.48. The van der Waals surface area contributed by atoms with Gasteiger partial charge in [-0.1, -0.05) is 15.9 Å². The van der Waals surface area contributed by atoms with E-state index in [1.807, 2.05) is 0 Å². The van der Waals surface area contributed by atoms with Crippen LogP contribution in [0.1, 0.15) is 12.8 Å². The fourth-order valence-electron chi connectivity index (χ4n) is 1.78. The van der Waals surface area contributed by atoms with Crippen LogP contribution in [0.2, 0.25) is 0 Å². The lowest BCUT2D eigenvalue weighted by atomic mass is 10.3. The molecule has 0 saturated heterocycles. The van der Waals surface area contributed by atoms with Crippen molar-refractivity contribution in [3.8, 4) is 5.75 Å². The number of sulfonamides is 1. The fourth-order valence-corrected chi connectivity index (χ4v) is 3.72. The van der Waals surface area contributed by atoms with Crippen molar-refractivity contribution in [2.24, 2.45) is 5.92 Å². The Morgan fingerprint density at radius 2 is 2.11 bits per heavy atom. The summed E-state index contributed by atoms with van der Waals surface area (Å²) in [6.07, 6.45) is 2.24. The second-order valence-corrected chi connectivity index (χ2v) is 7.45. The molecule has 0 aliphatic heterocycles. The second kappa shape index (κ2) is 5.19. The summed E-state index contributed by atoms with van der Waals surface area (Å²) in [6, 6.07) is 5.00. The van der Waals surface area contributed by atoms with E-state index < -0.39 is 10.0 Å². The van der Waals surface area contributed by atoms with Crippen molar-refractivity contribution in [3.05, 3.63) is 22.7 Å². The molecule has 0 spiro atoms. The number of methoxy groups -OCH3 is 1. The molecule has 1 aromatic rings. The summed E-state index contributed by atoms with van der Waals surface area (Å²) >= 11 is 3.29. The minimum Gasteiger partial charge on any atom is -0.495 e. The van der Waals surface area contributed by atoms with Gasteiger partial charge in [0.1, 0.15) is 10.6 Å². The number of hydrogen-bond acceptors (Lipinski definition) is 3. The molecule has 4 nitrogen and oxygen atoms in total. The van der Waals surface area contributed by atoms with Gasteiger partial charge in [0.15, 0.2) is 0 Å². The molecule has 1 fully saturated rings. The number of hydrogen-bond donors (Lipinski definition) is 0. The van der Waals surface area contributed by atoms with E-state index in [0.717, 1.165) is 17.3 Å². The van der Waals surface area contributed by atoms with Crippen LogP contribution < -0.4 is 4.74 Å². The highest BCUT2D eigenvalue weighted by molar-refractivity contribution is 9.10. The van der Waals surface area contributed by atoms with E-state index in [1.165, 1.54) is 11.4 Å². The Morgan fingerprint density at radius 1 is 1.44 bits per heavy atom. The average molecular weight is 334 g/mol. The lowest BCUT2D eigenvalue weighted by molar-refractivity contribution is 0.396. The van der Waals surface area contributed by atoms with E-state index in [9.17, 15) is 8.42 Å². The topological polar surface area (TPSA) is 46.6 Å². The van der Waals surface area contributed by atoms with Crippen LogP contribution in [0, 0.1) is 5.92 Å². The quantitative estimate of drug-likeness (QED) is 0.831. The maximum atomic E-state index is 12.5. The number of halogens is 1. The third-order valence-corrected chi connectivity index (χ3v) is 5.36. The Labute approximate surface area is 116 Å². The average Bonchev–Trinajstić information content (AvgIpc) is 3.12. The van der Waals surface area contributed by atoms with Crippen LogP contribution >= 0.6 is 15.9 Å². The van der Waals surface area contributed by atoms with Crippen LogP contribution in [0.25, 0.3) is 0 Å². The van der Waals surface area contributed by atoms with Crippen LogP contribution in [0.4, 0.5) is 0 Å². The molecule has 0 bridgehead atoms. The van der Waals surface area contributed by atoms with E-state index in [4.69, 9.17) is 4.74 Å². The van der Waals surface area contributed by atoms with Crippen LogP contribution in [-0.2, 0) is 10.0 Å². The molecule has 18 heavy (non-hydrogen) atoms. The minimum absolute atomic E-state index is 0.211. The van der Waals surface area contributed by atoms with Gasteiger partial charge < -0.3 is 4.74 Å². The molecule has 1 aliphatic rings. The van der Waals surface area contributed by atoms with Crippen LogP contribution in [0.3, 0.4) is 0 Å². The van der Waals surface area contributed by atoms with Crippen LogP contribution in [-0.4, -0.2) is 33.4 Å². The maximum absolute atomic E-state index is 12.5. The molecule has 0 radical (unpaired) electrons. The first-order valence-corrected chi connectivity index (χ1v) is 7.98. The summed E-state index contributed by atoms with van der Waals surface area (Å²) in [7, 11) is -0.387. The first kappa shape index (κ1) is 13.8. The van der Waals surface area contributed by atoms with Gasteiger partial charge in [-0.25, -0.2) is 12.7 Å². The van der Waals surface area contributed by atoms with Crippen LogP contribution in [0.15, 0.2) is 27.6 Å². The zero-order valence-corrected chi connectivity index (χ0v) is 12.8. The molecular weight excluding hydrogens is 318 g/mol. The molecule has 0 N–H and O–H groups in total. The monoisotopic (exact) mass is 333 g/mol. The van der Waals surface area contributed by atoms with Crippen molar-refractivity contribution < 1.29 is 13.2 Å². The van der Waals surface area contributed by atoms with E-state index in [0.29, 0.717) is 18.2 Å². The van der Waals surface area contributed by atoms with Gasteiger partial charge in [-0.15, -0.1) is 0 Å². The summed E-state index contributed by atoms with van der Waals surface area (Å²) in [5, 5.41) is 0. The molecule has 1 aliphatic carbocycles. The molecule has 6 heteroatoms. The lowest BCUT2D eigenvalue weighted by Gasteiger charge is -2.18. The largest absolute Gasteiger partial charge is 0.495 e. The SMILES string of the molecule is COc1ccc(Br)cc1S(=O)(=O)N(C)CC1CC1. The van der Waals surface area contributed by atoms with Gasteiger partial charge in [0, 0.05) is 18.1 Å². The normalized spacial score (nSPS) is 16.0. The van der Waals surface area contributed by atoms with E-state index in [1.54, 1.807) is 25.2 Å². The second-order valence-electron chi connectivity index (χ2n) is 4.52. The zero-order valence-electron chi connectivity index (χ0n) is 10.4. The molecule has 0 amide bonds. The van der Waals surface area contributed by atoms with Gasteiger partial charge in [-0.2, -0.15) is 0 Å². The Bertz CT molecular complexity index is 540. The maximum Gasteiger partial charge on any atom is 0.246 e. The molecule has 2 rings (SSSR count). The third kappa shape index (κ3) is 2.87. The van der Waals surface area contributed by atoms with Crippen molar-refractivity contribution in [1.29, 1.82) is 0 Å². The molecule has 1 saturated carbocycles. The summed E-state index contributed by atoms with van der Waals surface area (Å²) in [5.41, 5.74) is 0. The first-order chi connectivity index (χ1) is 8.45. The Kier molecular flexibility index (Phi) is 3.99. The van der Waals surface area contributed by atoms with Crippen molar-refractivity contribution in [1.82, 2.24) is 4.31 Å². The van der Waals surface area contributed by atoms with Crippen LogP contribution in [0.5, 0.6) is 5.75 Å². The highest BCUT2D eigenvalue weighted by Gasteiger charge is 2.30. The molecule has 0 heterocycles. The standard InChI is InChI=1S/C12H16BrNO3S/c1-14(8-9-3-4-9)18(15,16)12-7-10(13)5-6-11(12)17-2/h5-7,9H,3-4,8H2,1-2H3. The van der Waals surface area contributed by atoms with Gasteiger partial charge >= 0.3 is 0 Å². The first-order valence-electron chi connectivity index (χ1n) is 5.75. The molecule has 0 unspecified atom stereocenters. The predicted molar refractivity (Wildman–Crippen MR) is 73.2 cm³/mol. The smallest absolute Gasteiger partial charge is 0.246 e. The van der Waals surface area contributed by atoms with Gasteiger partial charge in [-0.3, -0.25) is 0 Å². The number of ether oxygens (including phenoxy) is 1. The zero-order chi connectivity index (χ0) is 13.3. The third-order valence-electron chi connectivity index (χ3n) is 3.03. The lowest BCUT2D eigenvalue weighted by Crippen LogP contribution is -2.29. The molecule has 1 aromatic carbocycles. The van der Waals surface area contributed by atoms with E-state index >= 15 is 0 Å². The number of benzene rings is 1. The van der Waals surface area contributed by atoms with Gasteiger partial charge in [0.25, 0.3) is 0 Å². The summed E-state index contributed by atoms with van der Waals surface area (Å²) in [6.45, 7) is 0.581.